The van der Waals surface area contributed by atoms with Gasteiger partial charge in [-0.15, -0.1) is 0 Å². The maximum absolute atomic E-state index is 5.93. The molecule has 0 aromatic heterocycles. The molecule has 0 saturated carbocycles. The van der Waals surface area contributed by atoms with Gasteiger partial charge >= 0.3 is 0 Å². The predicted molar refractivity (Wildman–Crippen MR) is 147 cm³/mol. The second-order valence-corrected chi connectivity index (χ2v) is 12.9. The molecular weight excluding hydrogens is 436 g/mol. The van der Waals surface area contributed by atoms with Crippen LogP contribution in [0.4, 0.5) is 0 Å². The fraction of sp³-hybridized carbons (Fsp3) is 0. The first kappa shape index (κ1) is 21.6. The molecule has 0 atom stereocenters. The predicted octanol–water partition coefficient (Wildman–Crippen LogP) is 6.21. The fourth-order valence-corrected chi connectivity index (χ4v) is 11.1. The molecule has 0 unspecified atom stereocenters. The van der Waals surface area contributed by atoms with E-state index in [1.54, 1.807) is 0 Å². The number of rotatable bonds is 6. The summed E-state index contributed by atoms with van der Waals surface area (Å²) in [6.45, 7) is 0. The topological polar surface area (TPSA) is 12.4 Å². The Hall–Kier alpha value is -3.24. The minimum atomic E-state index is -2.29. The molecule has 0 fully saturated rings. The minimum Gasteiger partial charge on any atom is -0.257 e. The van der Waals surface area contributed by atoms with Crippen molar-refractivity contribution in [3.8, 4) is 0 Å². The first-order valence-corrected chi connectivity index (χ1v) is 14.1. The number of benzene rings is 5. The molecule has 5 aromatic rings. The van der Waals surface area contributed by atoms with Gasteiger partial charge in [0.15, 0.2) is 0 Å². The summed E-state index contributed by atoms with van der Waals surface area (Å²) >= 11 is 0. The highest BCUT2D eigenvalue weighted by Crippen LogP contribution is 2.55. The monoisotopic (exact) mass is 461 g/mol. The highest BCUT2D eigenvalue weighted by atomic mass is 31.2. The Labute approximate surface area is 197 Å². The second-order valence-electron chi connectivity index (χ2n) is 7.71. The van der Waals surface area contributed by atoms with Gasteiger partial charge in [-0.25, -0.2) is 0 Å². The van der Waals surface area contributed by atoms with Gasteiger partial charge in [-0.2, -0.15) is 0 Å². The van der Waals surface area contributed by atoms with E-state index in [0.717, 1.165) is 0 Å². The largest absolute Gasteiger partial charge is 0.257 e. The lowest BCUT2D eigenvalue weighted by molar-refractivity contribution is 1.70. The summed E-state index contributed by atoms with van der Waals surface area (Å²) in [5.41, 5.74) is 0. The van der Waals surface area contributed by atoms with E-state index in [4.69, 9.17) is 4.52 Å². The van der Waals surface area contributed by atoms with Crippen LogP contribution in [0.25, 0.3) is 0 Å². The van der Waals surface area contributed by atoms with Gasteiger partial charge in [0.1, 0.15) is 0 Å². The van der Waals surface area contributed by atoms with Crippen molar-refractivity contribution in [2.45, 2.75) is 0 Å². The van der Waals surface area contributed by atoms with Crippen molar-refractivity contribution in [1.29, 1.82) is 0 Å². The number of hydrogen-bond donors (Lipinski definition) is 0. The maximum atomic E-state index is 5.93. The van der Waals surface area contributed by atoms with Gasteiger partial charge in [0.05, 0.1) is 15.1 Å². The van der Waals surface area contributed by atoms with E-state index in [1.807, 2.05) is 0 Å². The molecule has 33 heavy (non-hydrogen) atoms. The lowest BCUT2D eigenvalue weighted by Crippen LogP contribution is -2.26. The average Bonchev–Trinajstić information content (AvgIpc) is 2.92. The van der Waals surface area contributed by atoms with Crippen LogP contribution in [0.2, 0.25) is 0 Å². The number of hydrogen-bond acceptors (Lipinski definition) is 1. The summed E-state index contributed by atoms with van der Waals surface area (Å²) in [5.74, 6) is 0. The van der Waals surface area contributed by atoms with Crippen molar-refractivity contribution in [2.75, 3.05) is 0 Å². The molecular formula is C30H25NP2. The van der Waals surface area contributed by atoms with Crippen LogP contribution in [0.3, 0.4) is 0 Å². The third-order valence-corrected chi connectivity index (χ3v) is 12.1. The molecule has 0 aliphatic carbocycles. The SMILES string of the molecule is c1ccc(P(N=P(c2ccccc2)(c2ccccc2)c2ccccc2)c2ccccc2)cc1. The molecule has 3 heteroatoms. The van der Waals surface area contributed by atoms with E-state index in [-0.39, 0.29) is 0 Å². The Balaban J connectivity index is 1.90. The Kier molecular flexibility index (Phi) is 6.63. The molecule has 0 heterocycles. The molecule has 0 spiro atoms. The van der Waals surface area contributed by atoms with Crippen LogP contribution in [-0.4, -0.2) is 0 Å². The Morgan fingerprint density at radius 3 is 0.939 bits per heavy atom. The summed E-state index contributed by atoms with van der Waals surface area (Å²) in [6.07, 6.45) is 0. The van der Waals surface area contributed by atoms with E-state index in [2.05, 4.69) is 152 Å². The summed E-state index contributed by atoms with van der Waals surface area (Å²) in [4.78, 5) is 0. The van der Waals surface area contributed by atoms with Crippen LogP contribution in [0.15, 0.2) is 156 Å². The molecule has 1 nitrogen and oxygen atoms in total. The minimum absolute atomic E-state index is 0.935. The standard InChI is InChI=1S/C30H25NP2/c1-6-16-26(17-7-1)32(27-18-8-2-9-19-27)31-33(28-20-10-3-11-21-28,29-22-12-4-13-23-29)30-24-14-5-15-25-30/h1-25H. The van der Waals surface area contributed by atoms with Crippen molar-refractivity contribution in [2.24, 2.45) is 4.52 Å². The first-order valence-electron chi connectivity index (χ1n) is 11.1. The molecule has 0 aliphatic rings. The molecule has 0 amide bonds. The van der Waals surface area contributed by atoms with Gasteiger partial charge in [-0.3, -0.25) is 4.52 Å². The van der Waals surface area contributed by atoms with Crippen molar-refractivity contribution in [3.05, 3.63) is 152 Å². The van der Waals surface area contributed by atoms with Crippen molar-refractivity contribution >= 4 is 41.6 Å². The van der Waals surface area contributed by atoms with Crippen molar-refractivity contribution < 1.29 is 0 Å². The van der Waals surface area contributed by atoms with Gasteiger partial charge in [-0.05, 0) is 0 Å². The Morgan fingerprint density at radius 1 is 0.364 bits per heavy atom. The lowest BCUT2D eigenvalue weighted by atomic mass is 10.4. The highest BCUT2D eigenvalue weighted by Gasteiger charge is 2.29. The zero-order chi connectivity index (χ0) is 22.3. The smallest absolute Gasteiger partial charge is 0.0775 e. The fourth-order valence-electron chi connectivity index (χ4n) is 4.06. The van der Waals surface area contributed by atoms with Gasteiger partial charge < -0.3 is 0 Å². The van der Waals surface area contributed by atoms with Gasteiger partial charge in [0.2, 0.25) is 0 Å². The third kappa shape index (κ3) is 4.49. The second kappa shape index (κ2) is 10.1. The zero-order valence-corrected chi connectivity index (χ0v) is 20.1. The third-order valence-electron chi connectivity index (χ3n) is 5.61. The van der Waals surface area contributed by atoms with Crippen LogP contribution in [0.1, 0.15) is 0 Å². The van der Waals surface area contributed by atoms with Crippen molar-refractivity contribution in [3.63, 3.8) is 0 Å². The maximum Gasteiger partial charge on any atom is 0.0775 e. The molecule has 5 aromatic carbocycles. The van der Waals surface area contributed by atoms with Gasteiger partial charge in [0, 0.05) is 26.5 Å². The van der Waals surface area contributed by atoms with Gasteiger partial charge in [0.25, 0.3) is 0 Å². The summed E-state index contributed by atoms with van der Waals surface area (Å²) < 4.78 is 5.93. The molecule has 0 radical (unpaired) electrons. The first-order chi connectivity index (χ1) is 16.4. The van der Waals surface area contributed by atoms with Crippen LogP contribution in [0, 0.1) is 0 Å². The number of nitrogens with zero attached hydrogens (tertiary/aromatic N) is 1. The van der Waals surface area contributed by atoms with Crippen LogP contribution in [-0.2, 0) is 0 Å². The molecule has 0 N–H and O–H groups in total. The van der Waals surface area contributed by atoms with E-state index in [9.17, 15) is 0 Å². The summed E-state index contributed by atoms with van der Waals surface area (Å²) in [5, 5.41) is 6.38. The normalized spacial score (nSPS) is 11.3. The van der Waals surface area contributed by atoms with E-state index < -0.39 is 15.1 Å². The quantitative estimate of drug-likeness (QED) is 0.267. The van der Waals surface area contributed by atoms with E-state index >= 15 is 0 Å². The molecule has 5 rings (SSSR count). The zero-order valence-electron chi connectivity index (χ0n) is 18.3. The molecule has 0 aliphatic heterocycles. The molecule has 0 saturated heterocycles. The summed E-state index contributed by atoms with van der Waals surface area (Å²) in [6, 6.07) is 54.1. The van der Waals surface area contributed by atoms with Crippen molar-refractivity contribution in [1.82, 2.24) is 0 Å². The Bertz CT molecular complexity index is 1190. The van der Waals surface area contributed by atoms with Crippen LogP contribution >= 0.6 is 15.1 Å². The Morgan fingerprint density at radius 2 is 0.636 bits per heavy atom. The molecule has 0 bridgehead atoms. The van der Waals surface area contributed by atoms with E-state index in [0.29, 0.717) is 0 Å². The van der Waals surface area contributed by atoms with Crippen LogP contribution in [0.5, 0.6) is 0 Å². The van der Waals surface area contributed by atoms with E-state index in [1.165, 1.54) is 26.5 Å². The highest BCUT2D eigenvalue weighted by molar-refractivity contribution is 7.92. The lowest BCUT2D eigenvalue weighted by Gasteiger charge is -2.29. The van der Waals surface area contributed by atoms with Crippen LogP contribution < -0.4 is 26.5 Å². The van der Waals surface area contributed by atoms with Gasteiger partial charge in [-0.1, -0.05) is 152 Å². The average molecular weight is 461 g/mol. The molecule has 160 valence electrons. The summed E-state index contributed by atoms with van der Waals surface area (Å²) in [7, 11) is -3.22.